The van der Waals surface area contributed by atoms with Gasteiger partial charge in [0, 0.05) is 45.8 Å². The van der Waals surface area contributed by atoms with Crippen molar-refractivity contribution in [3.63, 3.8) is 0 Å². The van der Waals surface area contributed by atoms with Gasteiger partial charge in [0.2, 0.25) is 0 Å². The first-order valence-corrected chi connectivity index (χ1v) is 7.32. The predicted octanol–water partition coefficient (Wildman–Crippen LogP) is 3.29. The van der Waals surface area contributed by atoms with E-state index in [-0.39, 0.29) is 0 Å². The number of benzene rings is 1. The topological polar surface area (TPSA) is 50.9 Å². The molecule has 0 aliphatic carbocycles. The standard InChI is InChI=1S/C14H19N3S/c1-9-6-11-12(8-16-9)13(15)4-5-14(11)17-7-10(2)18-3/h4-6,8,10,17H,7,15H2,1-3H3. The van der Waals surface area contributed by atoms with Crippen LogP contribution in [0, 0.1) is 6.92 Å². The Morgan fingerprint density at radius 3 is 2.89 bits per heavy atom. The summed E-state index contributed by atoms with van der Waals surface area (Å²) >= 11 is 1.86. The third-order valence-electron chi connectivity index (χ3n) is 3.05. The molecule has 18 heavy (non-hydrogen) atoms. The van der Waals surface area contributed by atoms with Gasteiger partial charge in [-0.3, -0.25) is 4.98 Å². The molecule has 0 saturated heterocycles. The summed E-state index contributed by atoms with van der Waals surface area (Å²) in [5.74, 6) is 0. The van der Waals surface area contributed by atoms with Crippen molar-refractivity contribution in [2.75, 3.05) is 23.9 Å². The van der Waals surface area contributed by atoms with Crippen LogP contribution in [0.5, 0.6) is 0 Å². The highest BCUT2D eigenvalue weighted by Gasteiger charge is 2.06. The molecule has 0 saturated carbocycles. The lowest BCUT2D eigenvalue weighted by Crippen LogP contribution is -2.13. The van der Waals surface area contributed by atoms with Gasteiger partial charge >= 0.3 is 0 Å². The summed E-state index contributed by atoms with van der Waals surface area (Å²) < 4.78 is 0. The Balaban J connectivity index is 2.38. The van der Waals surface area contributed by atoms with Crippen molar-refractivity contribution in [2.24, 2.45) is 0 Å². The second-order valence-corrected chi connectivity index (χ2v) is 5.78. The first kappa shape index (κ1) is 13.0. The molecule has 0 fully saturated rings. The molecule has 2 rings (SSSR count). The van der Waals surface area contributed by atoms with E-state index in [9.17, 15) is 0 Å². The molecule has 3 N–H and O–H groups in total. The second-order valence-electron chi connectivity index (χ2n) is 4.50. The molecule has 0 bridgehead atoms. The first-order chi connectivity index (χ1) is 8.61. The van der Waals surface area contributed by atoms with Gasteiger partial charge in [0.05, 0.1) is 0 Å². The quantitative estimate of drug-likeness (QED) is 0.829. The molecule has 0 radical (unpaired) electrons. The van der Waals surface area contributed by atoms with Crippen LogP contribution in [-0.2, 0) is 0 Å². The van der Waals surface area contributed by atoms with Gasteiger partial charge in [0.1, 0.15) is 0 Å². The van der Waals surface area contributed by atoms with E-state index in [1.54, 1.807) is 0 Å². The van der Waals surface area contributed by atoms with E-state index in [0.717, 1.165) is 34.4 Å². The minimum absolute atomic E-state index is 0.584. The zero-order valence-electron chi connectivity index (χ0n) is 11.0. The molecule has 96 valence electrons. The Bertz CT molecular complexity index is 554. The molecule has 2 aromatic rings. The van der Waals surface area contributed by atoms with Crippen molar-refractivity contribution in [1.82, 2.24) is 4.98 Å². The summed E-state index contributed by atoms with van der Waals surface area (Å²) in [5, 5.41) is 6.24. The predicted molar refractivity (Wildman–Crippen MR) is 82.4 cm³/mol. The number of nitrogen functional groups attached to an aromatic ring is 1. The van der Waals surface area contributed by atoms with E-state index in [0.29, 0.717) is 5.25 Å². The Morgan fingerprint density at radius 1 is 1.39 bits per heavy atom. The SMILES string of the molecule is CSC(C)CNc1ccc(N)c2cnc(C)cc12. The number of pyridine rings is 1. The summed E-state index contributed by atoms with van der Waals surface area (Å²) in [5.41, 5.74) is 8.90. The van der Waals surface area contributed by atoms with Crippen molar-refractivity contribution < 1.29 is 0 Å². The normalized spacial score (nSPS) is 12.6. The molecule has 1 aromatic heterocycles. The monoisotopic (exact) mass is 261 g/mol. The summed E-state index contributed by atoms with van der Waals surface area (Å²) in [6, 6.07) is 6.06. The van der Waals surface area contributed by atoms with E-state index in [1.807, 2.05) is 37.0 Å². The smallest absolute Gasteiger partial charge is 0.0423 e. The number of anilines is 2. The van der Waals surface area contributed by atoms with Crippen LogP contribution in [0.1, 0.15) is 12.6 Å². The van der Waals surface area contributed by atoms with Crippen LogP contribution in [0.3, 0.4) is 0 Å². The van der Waals surface area contributed by atoms with Crippen molar-refractivity contribution in [1.29, 1.82) is 0 Å². The lowest BCUT2D eigenvalue weighted by atomic mass is 10.1. The summed E-state index contributed by atoms with van der Waals surface area (Å²) in [7, 11) is 0. The van der Waals surface area contributed by atoms with Gasteiger partial charge in [-0.25, -0.2) is 0 Å². The van der Waals surface area contributed by atoms with Crippen LogP contribution in [-0.4, -0.2) is 23.0 Å². The molecule has 0 spiro atoms. The largest absolute Gasteiger partial charge is 0.398 e. The molecule has 1 unspecified atom stereocenters. The van der Waals surface area contributed by atoms with Crippen molar-refractivity contribution in [3.05, 3.63) is 30.1 Å². The molecule has 1 atom stereocenters. The number of rotatable bonds is 4. The van der Waals surface area contributed by atoms with Crippen LogP contribution in [0.2, 0.25) is 0 Å². The fraction of sp³-hybridized carbons (Fsp3) is 0.357. The molecule has 0 amide bonds. The van der Waals surface area contributed by atoms with Gasteiger partial charge in [-0.15, -0.1) is 0 Å². The van der Waals surface area contributed by atoms with E-state index in [4.69, 9.17) is 5.73 Å². The number of aromatic nitrogens is 1. The number of thioether (sulfide) groups is 1. The maximum absolute atomic E-state index is 5.99. The molecule has 1 heterocycles. The number of hydrogen-bond acceptors (Lipinski definition) is 4. The second kappa shape index (κ2) is 5.48. The molecule has 1 aromatic carbocycles. The van der Waals surface area contributed by atoms with Crippen molar-refractivity contribution in [3.8, 4) is 0 Å². The molecular weight excluding hydrogens is 242 g/mol. The van der Waals surface area contributed by atoms with Gasteiger partial charge in [-0.05, 0) is 31.4 Å². The Kier molecular flexibility index (Phi) is 3.97. The van der Waals surface area contributed by atoms with Crippen LogP contribution in [0.15, 0.2) is 24.4 Å². The van der Waals surface area contributed by atoms with Crippen molar-refractivity contribution >= 4 is 33.9 Å². The number of aryl methyl sites for hydroxylation is 1. The van der Waals surface area contributed by atoms with E-state index in [2.05, 4.69) is 29.5 Å². The summed E-state index contributed by atoms with van der Waals surface area (Å²) in [4.78, 5) is 4.31. The van der Waals surface area contributed by atoms with E-state index in [1.165, 1.54) is 0 Å². The van der Waals surface area contributed by atoms with Gasteiger partial charge in [-0.1, -0.05) is 6.92 Å². The number of nitrogens with one attached hydrogen (secondary N) is 1. The average molecular weight is 261 g/mol. The number of nitrogens with zero attached hydrogens (tertiary/aromatic N) is 1. The number of fused-ring (bicyclic) bond motifs is 1. The number of hydrogen-bond donors (Lipinski definition) is 2. The summed E-state index contributed by atoms with van der Waals surface area (Å²) in [6.45, 7) is 5.16. The number of nitrogens with two attached hydrogens (primary N) is 1. The lowest BCUT2D eigenvalue weighted by molar-refractivity contribution is 1.01. The van der Waals surface area contributed by atoms with Crippen LogP contribution >= 0.6 is 11.8 Å². The van der Waals surface area contributed by atoms with Gasteiger partial charge < -0.3 is 11.1 Å². The Labute approximate surface area is 112 Å². The zero-order valence-corrected chi connectivity index (χ0v) is 11.8. The van der Waals surface area contributed by atoms with Gasteiger partial charge in [-0.2, -0.15) is 11.8 Å². The van der Waals surface area contributed by atoms with Gasteiger partial charge in [0.25, 0.3) is 0 Å². The minimum Gasteiger partial charge on any atom is -0.398 e. The van der Waals surface area contributed by atoms with E-state index < -0.39 is 0 Å². The Morgan fingerprint density at radius 2 is 2.17 bits per heavy atom. The third kappa shape index (κ3) is 2.70. The van der Waals surface area contributed by atoms with Crippen LogP contribution < -0.4 is 11.1 Å². The highest BCUT2D eigenvalue weighted by molar-refractivity contribution is 7.99. The highest BCUT2D eigenvalue weighted by atomic mass is 32.2. The van der Waals surface area contributed by atoms with Crippen molar-refractivity contribution in [2.45, 2.75) is 19.1 Å². The molecule has 3 nitrogen and oxygen atoms in total. The minimum atomic E-state index is 0.584. The molecule has 4 heteroatoms. The van der Waals surface area contributed by atoms with Gasteiger partial charge in [0.15, 0.2) is 0 Å². The lowest BCUT2D eigenvalue weighted by Gasteiger charge is -2.14. The maximum atomic E-state index is 5.99. The molecule has 0 aliphatic heterocycles. The first-order valence-electron chi connectivity index (χ1n) is 6.03. The average Bonchev–Trinajstić information content (AvgIpc) is 2.37. The van der Waals surface area contributed by atoms with E-state index >= 15 is 0 Å². The maximum Gasteiger partial charge on any atom is 0.0423 e. The fourth-order valence-corrected chi connectivity index (χ4v) is 2.11. The molecular formula is C14H19N3S. The Hall–Kier alpha value is -1.42. The zero-order chi connectivity index (χ0) is 13.1. The third-order valence-corrected chi connectivity index (χ3v) is 4.03. The fourth-order valence-electron chi connectivity index (χ4n) is 1.86. The highest BCUT2D eigenvalue weighted by Crippen LogP contribution is 2.28. The van der Waals surface area contributed by atoms with Crippen LogP contribution in [0.25, 0.3) is 10.8 Å². The van der Waals surface area contributed by atoms with Crippen LogP contribution in [0.4, 0.5) is 11.4 Å². The summed E-state index contributed by atoms with van der Waals surface area (Å²) in [6.07, 6.45) is 3.98. The molecule has 0 aliphatic rings.